The first kappa shape index (κ1) is 24.9. The molecule has 0 fully saturated rings. The molecule has 0 saturated carbocycles. The van der Waals surface area contributed by atoms with E-state index in [1.54, 1.807) is 36.9 Å². The van der Waals surface area contributed by atoms with Gasteiger partial charge in [-0.05, 0) is 42.3 Å². The number of nitrogens with zero attached hydrogens (tertiary/aromatic N) is 4. The number of hydrogen-bond donors (Lipinski definition) is 2. The second-order valence-electron chi connectivity index (χ2n) is 7.33. The third-order valence-electron chi connectivity index (χ3n) is 5.32. The van der Waals surface area contributed by atoms with E-state index in [4.69, 9.17) is 0 Å². The minimum atomic E-state index is -0.619. The van der Waals surface area contributed by atoms with Crippen LogP contribution in [0, 0.1) is 5.82 Å². The summed E-state index contributed by atoms with van der Waals surface area (Å²) in [6, 6.07) is 12.0. The zero-order chi connectivity index (χ0) is 22.1. The van der Waals surface area contributed by atoms with Gasteiger partial charge in [0.15, 0.2) is 0 Å². The van der Waals surface area contributed by atoms with Gasteiger partial charge in [0, 0.05) is 35.3 Å². The van der Waals surface area contributed by atoms with Crippen molar-refractivity contribution in [2.24, 2.45) is 0 Å². The topological polar surface area (TPSA) is 88.0 Å². The van der Waals surface area contributed by atoms with E-state index >= 15 is 0 Å². The molecule has 4 heterocycles. The molecule has 2 N–H and O–H groups in total. The molecular weight excluding hydrogens is 478 g/mol. The maximum atomic E-state index is 14.9. The molecule has 0 saturated heterocycles. The SMILES string of the molecule is CCc1ccc(NC(=O)c2ccc(-c3cnc4ccc(-c5cn[nH]c5)cn34)cc2F)nc1.Cl.Cl. The first-order chi connectivity index (χ1) is 15.6. The van der Waals surface area contributed by atoms with Gasteiger partial charge in [-0.3, -0.25) is 14.3 Å². The molecule has 1 amide bonds. The summed E-state index contributed by atoms with van der Waals surface area (Å²) in [4.78, 5) is 21.2. The third-order valence-corrected chi connectivity index (χ3v) is 5.32. The van der Waals surface area contributed by atoms with Crippen LogP contribution in [0.3, 0.4) is 0 Å². The number of rotatable bonds is 5. The van der Waals surface area contributed by atoms with Crippen LogP contribution in [0.4, 0.5) is 10.2 Å². The van der Waals surface area contributed by atoms with Crippen LogP contribution in [0.25, 0.3) is 28.0 Å². The van der Waals surface area contributed by atoms with E-state index in [1.165, 1.54) is 12.1 Å². The number of aromatic amines is 1. The summed E-state index contributed by atoms with van der Waals surface area (Å²) in [5.41, 5.74) is 4.95. The Bertz CT molecular complexity index is 1420. The molecule has 7 nitrogen and oxygen atoms in total. The summed E-state index contributed by atoms with van der Waals surface area (Å²) < 4.78 is 16.8. The highest BCUT2D eigenvalue weighted by atomic mass is 35.5. The number of fused-ring (bicyclic) bond motifs is 1. The molecule has 0 spiro atoms. The Hall–Kier alpha value is -3.75. The van der Waals surface area contributed by atoms with E-state index in [0.29, 0.717) is 17.1 Å². The van der Waals surface area contributed by atoms with Gasteiger partial charge in [-0.1, -0.05) is 19.1 Å². The summed E-state index contributed by atoms with van der Waals surface area (Å²) in [6.45, 7) is 2.02. The van der Waals surface area contributed by atoms with Crippen LogP contribution in [0.2, 0.25) is 0 Å². The fourth-order valence-corrected chi connectivity index (χ4v) is 3.52. The number of H-pyrrole nitrogens is 1. The van der Waals surface area contributed by atoms with Crippen molar-refractivity contribution in [3.8, 4) is 22.4 Å². The van der Waals surface area contributed by atoms with Gasteiger partial charge in [-0.25, -0.2) is 14.4 Å². The molecule has 174 valence electrons. The molecule has 0 radical (unpaired) electrons. The predicted molar refractivity (Wildman–Crippen MR) is 134 cm³/mol. The summed E-state index contributed by atoms with van der Waals surface area (Å²) in [6.07, 6.45) is 9.68. The van der Waals surface area contributed by atoms with E-state index in [1.807, 2.05) is 35.7 Å². The molecule has 0 bridgehead atoms. The van der Waals surface area contributed by atoms with Crippen molar-refractivity contribution in [3.63, 3.8) is 0 Å². The van der Waals surface area contributed by atoms with Gasteiger partial charge in [0.25, 0.3) is 5.91 Å². The smallest absolute Gasteiger partial charge is 0.259 e. The lowest BCUT2D eigenvalue weighted by molar-refractivity contribution is 0.102. The van der Waals surface area contributed by atoms with Gasteiger partial charge in [0.2, 0.25) is 0 Å². The number of imidazole rings is 1. The third kappa shape index (κ3) is 4.78. The standard InChI is InChI=1S/C24H19FN6O.2ClH/c1-2-15-3-7-22(26-10-15)30-24(32)19-6-4-16(9-20(19)25)21-13-27-23-8-5-17(14-31(21)23)18-11-28-29-12-18;;/h3-14H,2H2,1H3,(H,28,29)(H,26,30,32);2*1H. The summed E-state index contributed by atoms with van der Waals surface area (Å²) in [5.74, 6) is -0.790. The molecule has 1 aromatic carbocycles. The highest BCUT2D eigenvalue weighted by molar-refractivity contribution is 6.04. The Kier molecular flexibility index (Phi) is 7.65. The number of aromatic nitrogens is 5. The second-order valence-corrected chi connectivity index (χ2v) is 7.33. The van der Waals surface area contributed by atoms with E-state index < -0.39 is 11.7 Å². The number of anilines is 1. The summed E-state index contributed by atoms with van der Waals surface area (Å²) >= 11 is 0. The highest BCUT2D eigenvalue weighted by Gasteiger charge is 2.15. The first-order valence-corrected chi connectivity index (χ1v) is 10.1. The minimum absolute atomic E-state index is 0. The van der Waals surface area contributed by atoms with Crippen LogP contribution < -0.4 is 5.32 Å². The Morgan fingerprint density at radius 1 is 1.00 bits per heavy atom. The Morgan fingerprint density at radius 2 is 1.82 bits per heavy atom. The number of aryl methyl sites for hydroxylation is 1. The molecule has 34 heavy (non-hydrogen) atoms. The molecule has 0 aliphatic heterocycles. The van der Waals surface area contributed by atoms with Gasteiger partial charge in [0.1, 0.15) is 17.3 Å². The fourth-order valence-electron chi connectivity index (χ4n) is 3.52. The van der Waals surface area contributed by atoms with Gasteiger partial charge in [-0.2, -0.15) is 5.10 Å². The zero-order valence-corrected chi connectivity index (χ0v) is 19.7. The fraction of sp³-hybridized carbons (Fsp3) is 0.0833. The molecule has 4 aromatic heterocycles. The average molecular weight is 499 g/mol. The Morgan fingerprint density at radius 3 is 2.50 bits per heavy atom. The largest absolute Gasteiger partial charge is 0.306 e. The van der Waals surface area contributed by atoms with Crippen LogP contribution >= 0.6 is 24.8 Å². The minimum Gasteiger partial charge on any atom is -0.306 e. The van der Waals surface area contributed by atoms with Gasteiger partial charge >= 0.3 is 0 Å². The zero-order valence-electron chi connectivity index (χ0n) is 18.0. The van der Waals surface area contributed by atoms with Crippen molar-refractivity contribution in [2.75, 3.05) is 5.32 Å². The van der Waals surface area contributed by atoms with Crippen molar-refractivity contribution in [1.82, 2.24) is 24.6 Å². The van der Waals surface area contributed by atoms with E-state index in [9.17, 15) is 9.18 Å². The molecule has 0 aliphatic rings. The van der Waals surface area contributed by atoms with Crippen LogP contribution in [-0.4, -0.2) is 30.5 Å². The highest BCUT2D eigenvalue weighted by Crippen LogP contribution is 2.26. The van der Waals surface area contributed by atoms with Gasteiger partial charge in [0.05, 0.1) is 23.7 Å². The quantitative estimate of drug-likeness (QED) is 0.330. The number of nitrogens with one attached hydrogen (secondary N) is 2. The van der Waals surface area contributed by atoms with Gasteiger partial charge < -0.3 is 5.32 Å². The number of benzene rings is 1. The second kappa shape index (κ2) is 10.5. The molecule has 0 unspecified atom stereocenters. The summed E-state index contributed by atoms with van der Waals surface area (Å²) in [7, 11) is 0. The number of pyridine rings is 2. The van der Waals surface area contributed by atoms with Crippen LogP contribution in [-0.2, 0) is 6.42 Å². The van der Waals surface area contributed by atoms with Crippen molar-refractivity contribution >= 4 is 42.2 Å². The predicted octanol–water partition coefficient (Wildman–Crippen LogP) is 5.58. The monoisotopic (exact) mass is 498 g/mol. The van der Waals surface area contributed by atoms with Crippen LogP contribution in [0.15, 0.2) is 73.4 Å². The number of hydrogen-bond acceptors (Lipinski definition) is 4. The Labute approximate surface area is 207 Å². The van der Waals surface area contributed by atoms with Gasteiger partial charge in [-0.15, -0.1) is 24.8 Å². The van der Waals surface area contributed by atoms with E-state index in [-0.39, 0.29) is 30.4 Å². The van der Waals surface area contributed by atoms with Crippen LogP contribution in [0.1, 0.15) is 22.8 Å². The van der Waals surface area contributed by atoms with Crippen molar-refractivity contribution in [3.05, 3.63) is 90.4 Å². The number of carbonyl (C=O) groups is 1. The molecule has 0 aliphatic carbocycles. The lowest BCUT2D eigenvalue weighted by Crippen LogP contribution is -2.14. The average Bonchev–Trinajstić information content (AvgIpc) is 3.49. The maximum absolute atomic E-state index is 14.9. The number of amides is 1. The first-order valence-electron chi connectivity index (χ1n) is 10.1. The van der Waals surface area contributed by atoms with Crippen LogP contribution in [0.5, 0.6) is 0 Å². The lowest BCUT2D eigenvalue weighted by atomic mass is 10.1. The maximum Gasteiger partial charge on any atom is 0.259 e. The van der Waals surface area contributed by atoms with E-state index in [2.05, 4.69) is 25.5 Å². The lowest BCUT2D eigenvalue weighted by Gasteiger charge is -2.08. The molecule has 10 heteroatoms. The van der Waals surface area contributed by atoms with E-state index in [0.717, 1.165) is 28.8 Å². The molecular formula is C24H21Cl2FN6O. The normalized spacial score (nSPS) is 10.4. The molecule has 0 atom stereocenters. The molecule has 5 aromatic rings. The number of halogens is 3. The Balaban J connectivity index is 0.00000162. The summed E-state index contributed by atoms with van der Waals surface area (Å²) in [5, 5.41) is 9.42. The van der Waals surface area contributed by atoms with Crippen molar-refractivity contribution in [2.45, 2.75) is 13.3 Å². The molecule has 5 rings (SSSR count). The van der Waals surface area contributed by atoms with Crippen molar-refractivity contribution in [1.29, 1.82) is 0 Å². The number of carbonyl (C=O) groups excluding carboxylic acids is 1. The van der Waals surface area contributed by atoms with Crippen molar-refractivity contribution < 1.29 is 9.18 Å².